The molecule has 1 aromatic rings. The van der Waals surface area contributed by atoms with Gasteiger partial charge in [0.1, 0.15) is 0 Å². The van der Waals surface area contributed by atoms with Crippen LogP contribution in [0.2, 0.25) is 0 Å². The number of phenols is 1. The van der Waals surface area contributed by atoms with Crippen molar-refractivity contribution in [3.63, 3.8) is 0 Å². The highest BCUT2D eigenvalue weighted by Crippen LogP contribution is 2.39. The lowest BCUT2D eigenvalue weighted by molar-refractivity contribution is 0.140. The predicted octanol–water partition coefficient (Wildman–Crippen LogP) is 1.99. The van der Waals surface area contributed by atoms with E-state index in [1.807, 2.05) is 0 Å². The largest absolute Gasteiger partial charge is 0.505 e. The van der Waals surface area contributed by atoms with E-state index in [0.29, 0.717) is 18.4 Å². The summed E-state index contributed by atoms with van der Waals surface area (Å²) in [4.78, 5) is 0. The standard InChI is InChI=1S/C11H13FO2/c12-9-3-1-2-8(10(9)13)4-5-11(14)6-7-11/h1-3,13-14H,4-7H2. The number of halogens is 1. The lowest BCUT2D eigenvalue weighted by Gasteiger charge is -2.08. The van der Waals surface area contributed by atoms with E-state index in [-0.39, 0.29) is 5.75 Å². The lowest BCUT2D eigenvalue weighted by atomic mass is 10.0. The molecule has 0 amide bonds. The number of aromatic hydroxyl groups is 1. The number of phenolic OH excluding ortho intramolecular Hbond substituents is 1. The van der Waals surface area contributed by atoms with E-state index in [4.69, 9.17) is 0 Å². The summed E-state index contributed by atoms with van der Waals surface area (Å²) >= 11 is 0. The van der Waals surface area contributed by atoms with Crippen LogP contribution in [0.15, 0.2) is 18.2 Å². The molecule has 0 aliphatic heterocycles. The number of rotatable bonds is 3. The fourth-order valence-electron chi connectivity index (χ4n) is 1.52. The molecule has 0 spiro atoms. The average molecular weight is 196 g/mol. The van der Waals surface area contributed by atoms with Crippen LogP contribution in [0.1, 0.15) is 24.8 Å². The highest BCUT2D eigenvalue weighted by Gasteiger charge is 2.39. The Kier molecular flexibility index (Phi) is 2.19. The first-order valence-corrected chi connectivity index (χ1v) is 4.79. The molecular weight excluding hydrogens is 183 g/mol. The van der Waals surface area contributed by atoms with Gasteiger partial charge in [0, 0.05) is 0 Å². The summed E-state index contributed by atoms with van der Waals surface area (Å²) in [5.74, 6) is -0.873. The van der Waals surface area contributed by atoms with Crippen molar-refractivity contribution in [2.75, 3.05) is 0 Å². The minimum absolute atomic E-state index is 0.281. The summed E-state index contributed by atoms with van der Waals surface area (Å²) in [7, 11) is 0. The topological polar surface area (TPSA) is 40.5 Å². The van der Waals surface area contributed by atoms with Crippen LogP contribution in [0.3, 0.4) is 0 Å². The molecule has 0 saturated heterocycles. The molecule has 0 bridgehead atoms. The highest BCUT2D eigenvalue weighted by atomic mass is 19.1. The van der Waals surface area contributed by atoms with Crippen molar-refractivity contribution in [3.05, 3.63) is 29.6 Å². The summed E-state index contributed by atoms with van der Waals surface area (Å²) in [6, 6.07) is 4.48. The second kappa shape index (κ2) is 3.24. The normalized spacial score (nSPS) is 18.1. The fourth-order valence-corrected chi connectivity index (χ4v) is 1.52. The first kappa shape index (κ1) is 9.46. The van der Waals surface area contributed by atoms with Gasteiger partial charge in [-0.25, -0.2) is 4.39 Å². The predicted molar refractivity (Wildman–Crippen MR) is 50.6 cm³/mol. The molecule has 0 unspecified atom stereocenters. The molecule has 1 aliphatic rings. The van der Waals surface area contributed by atoms with Gasteiger partial charge >= 0.3 is 0 Å². The van der Waals surface area contributed by atoms with Gasteiger partial charge in [0.05, 0.1) is 5.60 Å². The molecule has 3 heteroatoms. The molecule has 2 N–H and O–H groups in total. The molecule has 1 aliphatic carbocycles. The first-order valence-electron chi connectivity index (χ1n) is 4.79. The van der Waals surface area contributed by atoms with Gasteiger partial charge in [0.2, 0.25) is 0 Å². The summed E-state index contributed by atoms with van der Waals surface area (Å²) in [5.41, 5.74) is 0.0315. The third kappa shape index (κ3) is 1.87. The molecule has 1 saturated carbocycles. The van der Waals surface area contributed by atoms with Crippen molar-refractivity contribution in [2.24, 2.45) is 0 Å². The third-order valence-electron chi connectivity index (χ3n) is 2.76. The Morgan fingerprint density at radius 2 is 2.07 bits per heavy atom. The molecule has 76 valence electrons. The summed E-state index contributed by atoms with van der Waals surface area (Å²) in [6.07, 6.45) is 2.77. The van der Waals surface area contributed by atoms with Crippen molar-refractivity contribution >= 4 is 0 Å². The monoisotopic (exact) mass is 196 g/mol. The van der Waals surface area contributed by atoms with E-state index >= 15 is 0 Å². The molecule has 0 aromatic heterocycles. The summed E-state index contributed by atoms with van der Waals surface area (Å²) in [6.45, 7) is 0. The van der Waals surface area contributed by atoms with E-state index in [1.165, 1.54) is 6.07 Å². The Morgan fingerprint density at radius 3 is 2.71 bits per heavy atom. The SMILES string of the molecule is Oc1c(F)cccc1CCC1(O)CC1. The van der Waals surface area contributed by atoms with Gasteiger partial charge in [-0.2, -0.15) is 0 Å². The van der Waals surface area contributed by atoms with Crippen LogP contribution in [0, 0.1) is 5.82 Å². The number of hydrogen-bond acceptors (Lipinski definition) is 2. The average Bonchev–Trinajstić information content (AvgIpc) is 2.88. The number of hydrogen-bond donors (Lipinski definition) is 2. The Hall–Kier alpha value is -1.09. The Labute approximate surface area is 82.0 Å². The maximum atomic E-state index is 12.9. The molecular formula is C11H13FO2. The second-order valence-electron chi connectivity index (χ2n) is 3.97. The number of aryl methyl sites for hydroxylation is 1. The molecule has 14 heavy (non-hydrogen) atoms. The zero-order chi connectivity index (χ0) is 10.2. The Bertz CT molecular complexity index is 345. The van der Waals surface area contributed by atoms with Crippen LogP contribution in [-0.2, 0) is 6.42 Å². The lowest BCUT2D eigenvalue weighted by Crippen LogP contribution is -2.07. The fraction of sp³-hybridized carbons (Fsp3) is 0.455. The second-order valence-corrected chi connectivity index (χ2v) is 3.97. The molecule has 0 atom stereocenters. The van der Waals surface area contributed by atoms with Crippen LogP contribution in [0.4, 0.5) is 4.39 Å². The van der Waals surface area contributed by atoms with Crippen LogP contribution < -0.4 is 0 Å². The smallest absolute Gasteiger partial charge is 0.165 e. The molecule has 2 nitrogen and oxygen atoms in total. The Morgan fingerprint density at radius 1 is 1.36 bits per heavy atom. The quantitative estimate of drug-likeness (QED) is 0.776. The maximum Gasteiger partial charge on any atom is 0.165 e. The maximum absolute atomic E-state index is 12.9. The third-order valence-corrected chi connectivity index (χ3v) is 2.76. The van der Waals surface area contributed by atoms with Gasteiger partial charge in [0.15, 0.2) is 11.6 Å². The van der Waals surface area contributed by atoms with Gasteiger partial charge < -0.3 is 10.2 Å². The molecule has 1 aromatic carbocycles. The van der Waals surface area contributed by atoms with E-state index in [9.17, 15) is 14.6 Å². The van der Waals surface area contributed by atoms with Crippen LogP contribution in [-0.4, -0.2) is 15.8 Å². The van der Waals surface area contributed by atoms with Crippen LogP contribution in [0.25, 0.3) is 0 Å². The molecule has 0 heterocycles. The van der Waals surface area contributed by atoms with Crippen molar-refractivity contribution in [3.8, 4) is 5.75 Å². The summed E-state index contributed by atoms with van der Waals surface area (Å²) in [5, 5.41) is 18.9. The summed E-state index contributed by atoms with van der Waals surface area (Å²) < 4.78 is 12.9. The van der Waals surface area contributed by atoms with Gasteiger partial charge in [-0.1, -0.05) is 12.1 Å². The minimum Gasteiger partial charge on any atom is -0.505 e. The van der Waals surface area contributed by atoms with Gasteiger partial charge in [-0.05, 0) is 37.3 Å². The van der Waals surface area contributed by atoms with Crippen molar-refractivity contribution in [2.45, 2.75) is 31.3 Å². The van der Waals surface area contributed by atoms with E-state index in [2.05, 4.69) is 0 Å². The van der Waals surface area contributed by atoms with Crippen LogP contribution in [0.5, 0.6) is 5.75 Å². The first-order chi connectivity index (χ1) is 6.61. The highest BCUT2D eigenvalue weighted by molar-refractivity contribution is 5.33. The Balaban J connectivity index is 2.05. The zero-order valence-electron chi connectivity index (χ0n) is 7.83. The van der Waals surface area contributed by atoms with Gasteiger partial charge in [-0.15, -0.1) is 0 Å². The molecule has 0 radical (unpaired) electrons. The van der Waals surface area contributed by atoms with Crippen LogP contribution >= 0.6 is 0 Å². The van der Waals surface area contributed by atoms with E-state index in [1.54, 1.807) is 12.1 Å². The molecule has 1 fully saturated rings. The number of para-hydroxylation sites is 1. The van der Waals surface area contributed by atoms with E-state index < -0.39 is 11.4 Å². The van der Waals surface area contributed by atoms with E-state index in [0.717, 1.165) is 12.8 Å². The molecule has 2 rings (SSSR count). The number of benzene rings is 1. The zero-order valence-corrected chi connectivity index (χ0v) is 7.83. The van der Waals surface area contributed by atoms with Gasteiger partial charge in [-0.3, -0.25) is 0 Å². The van der Waals surface area contributed by atoms with Gasteiger partial charge in [0.25, 0.3) is 0 Å². The van der Waals surface area contributed by atoms with Crippen molar-refractivity contribution < 1.29 is 14.6 Å². The minimum atomic E-state index is -0.592. The van der Waals surface area contributed by atoms with Crippen molar-refractivity contribution in [1.29, 1.82) is 0 Å². The van der Waals surface area contributed by atoms with Crippen molar-refractivity contribution in [1.82, 2.24) is 0 Å². The number of aliphatic hydroxyl groups is 1.